The summed E-state index contributed by atoms with van der Waals surface area (Å²) < 4.78 is 26.6. The minimum Gasteiger partial charge on any atom is -0.329 e. The smallest absolute Gasteiger partial charge is 0.243 e. The van der Waals surface area contributed by atoms with Crippen molar-refractivity contribution in [1.82, 2.24) is 4.31 Å². The van der Waals surface area contributed by atoms with Crippen molar-refractivity contribution in [3.63, 3.8) is 0 Å². The van der Waals surface area contributed by atoms with E-state index in [-0.39, 0.29) is 10.9 Å². The first-order valence-electron chi connectivity index (χ1n) is 6.31. The lowest BCUT2D eigenvalue weighted by Gasteiger charge is -2.33. The molecule has 0 spiro atoms. The molecule has 1 fully saturated rings. The standard InChI is InChI=1S/C13H17N3O2S/c14-9-11-4-6-13(7-5-11)19(17,18)16-8-2-1-3-12(16)10-15/h4-7,12H,1-3,8,10,15H2. The third-order valence-electron chi connectivity index (χ3n) is 3.44. The van der Waals surface area contributed by atoms with Crippen LogP contribution in [0.3, 0.4) is 0 Å². The van der Waals surface area contributed by atoms with E-state index in [0.717, 1.165) is 19.3 Å². The van der Waals surface area contributed by atoms with Crippen molar-refractivity contribution in [3.05, 3.63) is 29.8 Å². The van der Waals surface area contributed by atoms with Gasteiger partial charge in [0.25, 0.3) is 0 Å². The third-order valence-corrected chi connectivity index (χ3v) is 5.40. The van der Waals surface area contributed by atoms with Crippen LogP contribution in [-0.2, 0) is 10.0 Å². The molecule has 1 aliphatic rings. The molecule has 0 aromatic heterocycles. The Morgan fingerprint density at radius 1 is 1.32 bits per heavy atom. The van der Waals surface area contributed by atoms with Gasteiger partial charge in [0.05, 0.1) is 16.5 Å². The molecule has 6 heteroatoms. The van der Waals surface area contributed by atoms with Gasteiger partial charge in [0, 0.05) is 19.1 Å². The number of benzene rings is 1. The molecule has 1 aliphatic heterocycles. The normalized spacial score (nSPS) is 20.9. The average Bonchev–Trinajstić information content (AvgIpc) is 2.47. The van der Waals surface area contributed by atoms with Crippen LogP contribution in [-0.4, -0.2) is 31.9 Å². The summed E-state index contributed by atoms with van der Waals surface area (Å²) in [5.74, 6) is 0. The van der Waals surface area contributed by atoms with Crippen LogP contribution in [0.4, 0.5) is 0 Å². The summed E-state index contributed by atoms with van der Waals surface area (Å²) in [6.45, 7) is 0.861. The Kier molecular flexibility index (Phi) is 4.20. The van der Waals surface area contributed by atoms with Gasteiger partial charge in [-0.15, -0.1) is 0 Å². The summed E-state index contributed by atoms with van der Waals surface area (Å²) in [7, 11) is -3.50. The summed E-state index contributed by atoms with van der Waals surface area (Å²) >= 11 is 0. The lowest BCUT2D eigenvalue weighted by atomic mass is 10.1. The molecule has 5 nitrogen and oxygen atoms in total. The van der Waals surface area contributed by atoms with Crippen molar-refractivity contribution in [3.8, 4) is 6.07 Å². The summed E-state index contributed by atoms with van der Waals surface area (Å²) in [4.78, 5) is 0.229. The lowest BCUT2D eigenvalue weighted by Crippen LogP contribution is -2.47. The monoisotopic (exact) mass is 279 g/mol. The van der Waals surface area contributed by atoms with Crippen molar-refractivity contribution in [2.45, 2.75) is 30.2 Å². The van der Waals surface area contributed by atoms with Crippen molar-refractivity contribution in [1.29, 1.82) is 5.26 Å². The fraction of sp³-hybridized carbons (Fsp3) is 0.462. The van der Waals surface area contributed by atoms with E-state index in [9.17, 15) is 8.42 Å². The number of piperidine rings is 1. The van der Waals surface area contributed by atoms with E-state index in [1.807, 2.05) is 6.07 Å². The first-order valence-corrected chi connectivity index (χ1v) is 7.75. The van der Waals surface area contributed by atoms with Gasteiger partial charge in [-0.2, -0.15) is 9.57 Å². The Bertz CT molecular complexity index is 575. The van der Waals surface area contributed by atoms with Crippen LogP contribution < -0.4 is 5.73 Å². The molecule has 0 aliphatic carbocycles. The molecule has 0 radical (unpaired) electrons. The molecule has 0 amide bonds. The van der Waals surface area contributed by atoms with Gasteiger partial charge < -0.3 is 5.73 Å². The predicted molar refractivity (Wildman–Crippen MR) is 71.7 cm³/mol. The van der Waals surface area contributed by atoms with Crippen molar-refractivity contribution >= 4 is 10.0 Å². The molecular formula is C13H17N3O2S. The topological polar surface area (TPSA) is 87.2 Å². The van der Waals surface area contributed by atoms with Gasteiger partial charge in [0.15, 0.2) is 0 Å². The van der Waals surface area contributed by atoms with Gasteiger partial charge in [0.2, 0.25) is 10.0 Å². The number of nitrogens with zero attached hydrogens (tertiary/aromatic N) is 2. The van der Waals surface area contributed by atoms with Crippen LogP contribution in [0.25, 0.3) is 0 Å². The largest absolute Gasteiger partial charge is 0.329 e. The minimum absolute atomic E-state index is 0.116. The van der Waals surface area contributed by atoms with Crippen molar-refractivity contribution in [2.75, 3.05) is 13.1 Å². The molecular weight excluding hydrogens is 262 g/mol. The SMILES string of the molecule is N#Cc1ccc(S(=O)(=O)N2CCCCC2CN)cc1. The highest BCUT2D eigenvalue weighted by atomic mass is 32.2. The highest BCUT2D eigenvalue weighted by molar-refractivity contribution is 7.89. The zero-order valence-electron chi connectivity index (χ0n) is 10.6. The van der Waals surface area contributed by atoms with Gasteiger partial charge in [-0.05, 0) is 37.1 Å². The molecule has 1 saturated heterocycles. The van der Waals surface area contributed by atoms with E-state index in [1.165, 1.54) is 28.6 Å². The van der Waals surface area contributed by atoms with E-state index in [2.05, 4.69) is 0 Å². The van der Waals surface area contributed by atoms with Crippen LogP contribution in [0, 0.1) is 11.3 Å². The average molecular weight is 279 g/mol. The second-order valence-corrected chi connectivity index (χ2v) is 6.53. The Labute approximate surface area is 113 Å². The fourth-order valence-electron chi connectivity index (χ4n) is 2.36. The zero-order chi connectivity index (χ0) is 13.9. The number of nitriles is 1. The maximum absolute atomic E-state index is 12.5. The molecule has 19 heavy (non-hydrogen) atoms. The second-order valence-electron chi connectivity index (χ2n) is 4.64. The minimum atomic E-state index is -3.50. The molecule has 0 bridgehead atoms. The third kappa shape index (κ3) is 2.78. The molecule has 102 valence electrons. The number of sulfonamides is 1. The quantitative estimate of drug-likeness (QED) is 0.896. The van der Waals surface area contributed by atoms with E-state index in [0.29, 0.717) is 18.7 Å². The van der Waals surface area contributed by atoms with Gasteiger partial charge >= 0.3 is 0 Å². The molecule has 1 heterocycles. The Hall–Kier alpha value is -1.42. The summed E-state index contributed by atoms with van der Waals surface area (Å²) in [5.41, 5.74) is 6.12. The Morgan fingerprint density at radius 2 is 2.00 bits per heavy atom. The zero-order valence-corrected chi connectivity index (χ0v) is 11.4. The predicted octanol–water partition coefficient (Wildman–Crippen LogP) is 1.06. The van der Waals surface area contributed by atoms with E-state index >= 15 is 0 Å². The first kappa shape index (κ1) is 14.0. The Balaban J connectivity index is 2.32. The van der Waals surface area contributed by atoms with E-state index in [4.69, 9.17) is 11.0 Å². The molecule has 1 aromatic carbocycles. The van der Waals surface area contributed by atoms with Crippen LogP contribution in [0.15, 0.2) is 29.2 Å². The number of hydrogen-bond donors (Lipinski definition) is 1. The fourth-order valence-corrected chi connectivity index (χ4v) is 4.07. The number of rotatable bonds is 3. The number of nitrogens with two attached hydrogens (primary N) is 1. The Morgan fingerprint density at radius 3 is 2.58 bits per heavy atom. The highest BCUT2D eigenvalue weighted by Crippen LogP contribution is 2.24. The maximum atomic E-state index is 12.5. The van der Waals surface area contributed by atoms with Crippen molar-refractivity contribution in [2.24, 2.45) is 5.73 Å². The van der Waals surface area contributed by atoms with Gasteiger partial charge in [-0.1, -0.05) is 6.42 Å². The van der Waals surface area contributed by atoms with E-state index in [1.54, 1.807) is 0 Å². The number of hydrogen-bond acceptors (Lipinski definition) is 4. The molecule has 0 saturated carbocycles. The lowest BCUT2D eigenvalue weighted by molar-refractivity contribution is 0.257. The molecule has 1 unspecified atom stereocenters. The summed E-state index contributed by atoms with van der Waals surface area (Å²) in [6.07, 6.45) is 2.69. The molecule has 1 atom stereocenters. The van der Waals surface area contributed by atoms with E-state index < -0.39 is 10.0 Å². The molecule has 2 rings (SSSR count). The highest BCUT2D eigenvalue weighted by Gasteiger charge is 2.32. The molecule has 1 aromatic rings. The van der Waals surface area contributed by atoms with Gasteiger partial charge in [-0.25, -0.2) is 8.42 Å². The second kappa shape index (κ2) is 5.70. The molecule has 2 N–H and O–H groups in total. The van der Waals surface area contributed by atoms with Crippen molar-refractivity contribution < 1.29 is 8.42 Å². The summed E-state index contributed by atoms with van der Waals surface area (Å²) in [5, 5.41) is 8.73. The first-order chi connectivity index (χ1) is 9.09. The maximum Gasteiger partial charge on any atom is 0.243 e. The van der Waals surface area contributed by atoms with Crippen LogP contribution >= 0.6 is 0 Å². The summed E-state index contributed by atoms with van der Waals surface area (Å²) in [6, 6.07) is 7.87. The van der Waals surface area contributed by atoms with Crippen LogP contribution in [0.2, 0.25) is 0 Å². The van der Waals surface area contributed by atoms with Crippen LogP contribution in [0.5, 0.6) is 0 Å². The van der Waals surface area contributed by atoms with Gasteiger partial charge in [0.1, 0.15) is 0 Å². The van der Waals surface area contributed by atoms with Gasteiger partial charge in [-0.3, -0.25) is 0 Å². The van der Waals surface area contributed by atoms with Crippen LogP contribution in [0.1, 0.15) is 24.8 Å².